The number of hydrogen-bond donors (Lipinski definition) is 0. The average molecular weight is 520 g/mol. The Morgan fingerprint density at radius 3 is 2.61 bits per heavy atom. The second-order valence-corrected chi connectivity index (χ2v) is 10.4. The number of methoxy groups -OCH3 is 2. The molecule has 1 amide bonds. The number of ether oxygens (including phenoxy) is 4. The summed E-state index contributed by atoms with van der Waals surface area (Å²) in [7, 11) is 3.30. The molecular weight excluding hydrogens is 482 g/mol. The van der Waals surface area contributed by atoms with Gasteiger partial charge < -0.3 is 23.8 Å². The highest BCUT2D eigenvalue weighted by molar-refractivity contribution is 5.95. The number of para-hydroxylation sites is 1. The van der Waals surface area contributed by atoms with E-state index in [1.807, 2.05) is 46.1 Å². The van der Waals surface area contributed by atoms with Crippen LogP contribution in [-0.4, -0.2) is 61.1 Å². The SMILES string of the molecule is COCCn1ncc2c1-c1ccccc1OC21CCN(C(=O)c2ccc(OCCC(C)C)c(OC)c2)CC1. The lowest BCUT2D eigenvalue weighted by Crippen LogP contribution is -2.49. The molecule has 8 heteroatoms. The van der Waals surface area contributed by atoms with Crippen molar-refractivity contribution in [1.82, 2.24) is 14.7 Å². The Labute approximate surface area is 224 Å². The van der Waals surface area contributed by atoms with E-state index in [4.69, 9.17) is 24.0 Å². The van der Waals surface area contributed by atoms with Crippen LogP contribution >= 0.6 is 0 Å². The molecule has 5 rings (SSSR count). The molecule has 0 bridgehead atoms. The fourth-order valence-corrected chi connectivity index (χ4v) is 5.32. The summed E-state index contributed by atoms with van der Waals surface area (Å²) in [5.74, 6) is 2.64. The van der Waals surface area contributed by atoms with Crippen molar-refractivity contribution in [3.05, 3.63) is 59.8 Å². The smallest absolute Gasteiger partial charge is 0.253 e. The van der Waals surface area contributed by atoms with Crippen molar-refractivity contribution >= 4 is 5.91 Å². The predicted octanol–water partition coefficient (Wildman–Crippen LogP) is 5.15. The summed E-state index contributed by atoms with van der Waals surface area (Å²) in [5, 5.41) is 4.69. The van der Waals surface area contributed by atoms with E-state index in [2.05, 4.69) is 19.9 Å². The van der Waals surface area contributed by atoms with Crippen LogP contribution in [0.15, 0.2) is 48.7 Å². The van der Waals surface area contributed by atoms with Gasteiger partial charge in [0.15, 0.2) is 11.5 Å². The first-order chi connectivity index (χ1) is 18.5. The summed E-state index contributed by atoms with van der Waals surface area (Å²) in [6.45, 7) is 7.35. The fraction of sp³-hybridized carbons (Fsp3) is 0.467. The van der Waals surface area contributed by atoms with Gasteiger partial charge >= 0.3 is 0 Å². The second kappa shape index (κ2) is 11.1. The molecule has 1 aromatic heterocycles. The van der Waals surface area contributed by atoms with Crippen LogP contribution in [0.2, 0.25) is 0 Å². The van der Waals surface area contributed by atoms with E-state index in [1.54, 1.807) is 20.3 Å². The molecule has 0 radical (unpaired) electrons. The number of benzene rings is 2. The van der Waals surface area contributed by atoms with Gasteiger partial charge in [-0.05, 0) is 42.7 Å². The zero-order chi connectivity index (χ0) is 26.7. The average Bonchev–Trinajstić information content (AvgIpc) is 3.37. The lowest BCUT2D eigenvalue weighted by Gasteiger charge is -2.44. The van der Waals surface area contributed by atoms with Crippen LogP contribution in [0, 0.1) is 5.92 Å². The normalized spacial score (nSPS) is 15.7. The van der Waals surface area contributed by atoms with E-state index in [1.165, 1.54) is 0 Å². The number of likely N-dealkylation sites (tertiary alicyclic amines) is 1. The maximum atomic E-state index is 13.5. The van der Waals surface area contributed by atoms with Gasteiger partial charge in [0.05, 0.1) is 38.8 Å². The number of nitrogens with zero attached hydrogens (tertiary/aromatic N) is 3. The van der Waals surface area contributed by atoms with Crippen molar-refractivity contribution in [3.8, 4) is 28.5 Å². The summed E-state index contributed by atoms with van der Waals surface area (Å²) in [6, 6.07) is 13.5. The molecule has 2 aliphatic heterocycles. The molecule has 3 heterocycles. The summed E-state index contributed by atoms with van der Waals surface area (Å²) in [6.07, 6.45) is 4.26. The highest BCUT2D eigenvalue weighted by atomic mass is 16.5. The molecule has 0 aliphatic carbocycles. The van der Waals surface area contributed by atoms with Gasteiger partial charge in [0, 0.05) is 49.7 Å². The number of piperidine rings is 1. The quantitative estimate of drug-likeness (QED) is 0.389. The molecule has 0 atom stereocenters. The van der Waals surface area contributed by atoms with Crippen molar-refractivity contribution < 1.29 is 23.7 Å². The van der Waals surface area contributed by atoms with Crippen LogP contribution in [0.4, 0.5) is 0 Å². The molecular formula is C30H37N3O5. The lowest BCUT2D eigenvalue weighted by molar-refractivity contribution is -0.00179. The highest BCUT2D eigenvalue weighted by Gasteiger charge is 2.46. The van der Waals surface area contributed by atoms with Crippen LogP contribution in [-0.2, 0) is 16.9 Å². The minimum absolute atomic E-state index is 0.0147. The molecule has 38 heavy (non-hydrogen) atoms. The molecule has 0 unspecified atom stereocenters. The number of hydrogen-bond acceptors (Lipinski definition) is 6. The van der Waals surface area contributed by atoms with Gasteiger partial charge in [0.1, 0.15) is 11.4 Å². The lowest BCUT2D eigenvalue weighted by atomic mass is 9.81. The summed E-state index contributed by atoms with van der Waals surface area (Å²) < 4.78 is 25.4. The molecule has 0 N–H and O–H groups in total. The molecule has 2 aromatic carbocycles. The second-order valence-electron chi connectivity index (χ2n) is 10.4. The molecule has 0 saturated carbocycles. The van der Waals surface area contributed by atoms with Crippen molar-refractivity contribution in [2.75, 3.05) is 40.5 Å². The minimum atomic E-state index is -0.516. The molecule has 3 aromatic rings. The van der Waals surface area contributed by atoms with E-state index >= 15 is 0 Å². The maximum Gasteiger partial charge on any atom is 0.253 e. The van der Waals surface area contributed by atoms with Gasteiger partial charge in [-0.25, -0.2) is 0 Å². The van der Waals surface area contributed by atoms with Crippen LogP contribution in [0.5, 0.6) is 17.2 Å². The predicted molar refractivity (Wildman–Crippen MR) is 145 cm³/mol. The first-order valence-electron chi connectivity index (χ1n) is 13.4. The minimum Gasteiger partial charge on any atom is -0.493 e. The molecule has 1 saturated heterocycles. The van der Waals surface area contributed by atoms with E-state index in [0.29, 0.717) is 68.7 Å². The van der Waals surface area contributed by atoms with Gasteiger partial charge in [0.2, 0.25) is 0 Å². The zero-order valence-corrected chi connectivity index (χ0v) is 22.7. The Bertz CT molecular complexity index is 1280. The first-order valence-corrected chi connectivity index (χ1v) is 13.4. The maximum absolute atomic E-state index is 13.5. The number of carbonyl (C=O) groups excluding carboxylic acids is 1. The third kappa shape index (κ3) is 4.97. The van der Waals surface area contributed by atoms with Crippen LogP contribution < -0.4 is 14.2 Å². The van der Waals surface area contributed by atoms with Crippen LogP contribution in [0.1, 0.15) is 49.0 Å². The third-order valence-electron chi connectivity index (χ3n) is 7.51. The third-order valence-corrected chi connectivity index (χ3v) is 7.51. The van der Waals surface area contributed by atoms with Gasteiger partial charge in [-0.3, -0.25) is 9.48 Å². The molecule has 8 nitrogen and oxygen atoms in total. The van der Waals surface area contributed by atoms with Crippen LogP contribution in [0.3, 0.4) is 0 Å². The van der Waals surface area contributed by atoms with E-state index < -0.39 is 5.60 Å². The summed E-state index contributed by atoms with van der Waals surface area (Å²) in [5.41, 5.74) is 3.29. The fourth-order valence-electron chi connectivity index (χ4n) is 5.32. The Hall–Kier alpha value is -3.52. The van der Waals surface area contributed by atoms with Gasteiger partial charge in [-0.1, -0.05) is 26.0 Å². The molecule has 202 valence electrons. The number of carbonyl (C=O) groups is 1. The Kier molecular flexibility index (Phi) is 7.61. The zero-order valence-electron chi connectivity index (χ0n) is 22.7. The van der Waals surface area contributed by atoms with Gasteiger partial charge in [-0.15, -0.1) is 0 Å². The van der Waals surface area contributed by atoms with Crippen molar-refractivity contribution in [3.63, 3.8) is 0 Å². The molecule has 2 aliphatic rings. The van der Waals surface area contributed by atoms with Crippen molar-refractivity contribution in [1.29, 1.82) is 0 Å². The highest BCUT2D eigenvalue weighted by Crippen LogP contribution is 2.49. The topological polar surface area (TPSA) is 75.1 Å². The van der Waals surface area contributed by atoms with Crippen molar-refractivity contribution in [2.45, 2.75) is 45.3 Å². The van der Waals surface area contributed by atoms with E-state index in [-0.39, 0.29) is 5.91 Å². The summed E-state index contributed by atoms with van der Waals surface area (Å²) in [4.78, 5) is 15.4. The largest absolute Gasteiger partial charge is 0.493 e. The summed E-state index contributed by atoms with van der Waals surface area (Å²) >= 11 is 0. The number of aromatic nitrogens is 2. The standard InChI is InChI=1S/C30H37N3O5/c1-21(2)11-17-37-26-10-9-22(19-27(26)36-4)29(34)32-14-12-30(13-15-32)24-20-31-33(16-18-35-3)28(24)23-7-5-6-8-25(23)38-30/h5-10,19-21H,11-18H2,1-4H3. The Balaban J connectivity index is 1.33. The molecule has 1 spiro atoms. The monoisotopic (exact) mass is 519 g/mol. The Morgan fingerprint density at radius 1 is 1.08 bits per heavy atom. The van der Waals surface area contributed by atoms with Crippen LogP contribution in [0.25, 0.3) is 11.3 Å². The van der Waals surface area contributed by atoms with E-state index in [9.17, 15) is 4.79 Å². The van der Waals surface area contributed by atoms with Gasteiger partial charge in [0.25, 0.3) is 5.91 Å². The number of fused-ring (bicyclic) bond motifs is 4. The Morgan fingerprint density at radius 2 is 1.87 bits per heavy atom. The van der Waals surface area contributed by atoms with Gasteiger partial charge in [-0.2, -0.15) is 5.10 Å². The number of rotatable bonds is 9. The molecule has 1 fully saturated rings. The number of amides is 1. The first kappa shape index (κ1) is 26.1. The van der Waals surface area contributed by atoms with E-state index in [0.717, 1.165) is 29.0 Å². The van der Waals surface area contributed by atoms with Crippen molar-refractivity contribution in [2.24, 2.45) is 5.92 Å².